The Morgan fingerprint density at radius 3 is 1.97 bits per heavy atom. The van der Waals surface area contributed by atoms with Crippen molar-refractivity contribution in [3.63, 3.8) is 0 Å². The molecule has 4 aromatic heterocycles. The zero-order valence-corrected chi connectivity index (χ0v) is 21.4. The van der Waals surface area contributed by atoms with Crippen molar-refractivity contribution >= 4 is 31.8 Å². The predicted molar refractivity (Wildman–Crippen MR) is 151 cm³/mol. The summed E-state index contributed by atoms with van der Waals surface area (Å²) in [5.74, 6) is 0. The summed E-state index contributed by atoms with van der Waals surface area (Å²) < 4.78 is 27.1. The van der Waals surface area contributed by atoms with E-state index in [-0.39, 0.29) is 4.90 Å². The minimum Gasteiger partial charge on any atom is -0.361 e. The summed E-state index contributed by atoms with van der Waals surface area (Å²) in [6, 6.07) is 23.9. The molecule has 7 rings (SSSR count). The molecule has 0 atom stereocenters. The van der Waals surface area contributed by atoms with Crippen molar-refractivity contribution in [3.05, 3.63) is 128 Å². The summed E-state index contributed by atoms with van der Waals surface area (Å²) in [6.45, 7) is 0. The summed E-state index contributed by atoms with van der Waals surface area (Å²) in [7, 11) is -3.64. The standard InChI is InChI=1S/C18H13N3O2S.C12H9N3/c22-24(23,14-5-2-1-3-6-14)21-12-9-16-15(7-4-8-18(16)21)17-13-19-10-11-20-17;1-2-9(12-8-13-6-7-15-12)10-4-5-14-11(10)3-1/h1-13H;1-8,14H. The highest BCUT2D eigenvalue weighted by Crippen LogP contribution is 2.30. The van der Waals surface area contributed by atoms with Crippen LogP contribution in [-0.4, -0.2) is 37.3 Å². The van der Waals surface area contributed by atoms with Crippen LogP contribution in [0.15, 0.2) is 133 Å². The quantitative estimate of drug-likeness (QED) is 0.301. The predicted octanol–water partition coefficient (Wildman–Crippen LogP) is 5.96. The molecule has 8 nitrogen and oxygen atoms in total. The number of rotatable bonds is 4. The molecule has 39 heavy (non-hydrogen) atoms. The third-order valence-electron chi connectivity index (χ3n) is 6.27. The van der Waals surface area contributed by atoms with Crippen molar-refractivity contribution in [2.75, 3.05) is 0 Å². The molecule has 0 amide bonds. The van der Waals surface area contributed by atoms with E-state index in [2.05, 4.69) is 43.1 Å². The van der Waals surface area contributed by atoms with E-state index >= 15 is 0 Å². The Kier molecular flexibility index (Phi) is 6.40. The lowest BCUT2D eigenvalue weighted by Gasteiger charge is -2.08. The number of H-pyrrole nitrogens is 1. The molecule has 0 aliphatic carbocycles. The minimum atomic E-state index is -3.64. The molecular formula is C30H22N6O2S. The Labute approximate surface area is 224 Å². The van der Waals surface area contributed by atoms with Crippen molar-refractivity contribution in [2.24, 2.45) is 0 Å². The molecule has 1 N–H and O–H groups in total. The van der Waals surface area contributed by atoms with Crippen LogP contribution < -0.4 is 0 Å². The number of aromatic nitrogens is 6. The van der Waals surface area contributed by atoms with E-state index in [1.54, 1.807) is 85.8 Å². The van der Waals surface area contributed by atoms with Gasteiger partial charge in [-0.2, -0.15) is 0 Å². The van der Waals surface area contributed by atoms with Crippen LogP contribution in [0.5, 0.6) is 0 Å². The molecule has 0 saturated carbocycles. The van der Waals surface area contributed by atoms with Crippen LogP contribution in [0.1, 0.15) is 0 Å². The van der Waals surface area contributed by atoms with Crippen molar-refractivity contribution in [1.82, 2.24) is 28.9 Å². The zero-order chi connectivity index (χ0) is 26.7. The first-order valence-corrected chi connectivity index (χ1v) is 13.6. The highest BCUT2D eigenvalue weighted by molar-refractivity contribution is 7.90. The summed E-state index contributed by atoms with van der Waals surface area (Å²) in [4.78, 5) is 20.2. The Bertz CT molecular complexity index is 1970. The number of nitrogens with zero attached hydrogens (tertiary/aromatic N) is 5. The number of nitrogens with one attached hydrogen (secondary N) is 1. The van der Waals surface area contributed by atoms with Gasteiger partial charge in [0.05, 0.1) is 34.2 Å². The maximum absolute atomic E-state index is 12.9. The third kappa shape index (κ3) is 4.67. The van der Waals surface area contributed by atoms with Crippen LogP contribution in [0.3, 0.4) is 0 Å². The fourth-order valence-electron chi connectivity index (χ4n) is 4.47. The third-order valence-corrected chi connectivity index (χ3v) is 7.97. The fourth-order valence-corrected chi connectivity index (χ4v) is 5.83. The van der Waals surface area contributed by atoms with Gasteiger partial charge in [-0.3, -0.25) is 19.9 Å². The second kappa shape index (κ2) is 10.3. The lowest BCUT2D eigenvalue weighted by atomic mass is 10.1. The fraction of sp³-hybridized carbons (Fsp3) is 0. The van der Waals surface area contributed by atoms with Crippen molar-refractivity contribution in [3.8, 4) is 22.5 Å². The van der Waals surface area contributed by atoms with Gasteiger partial charge >= 0.3 is 0 Å². The number of fused-ring (bicyclic) bond motifs is 2. The smallest absolute Gasteiger partial charge is 0.268 e. The molecule has 0 saturated heterocycles. The van der Waals surface area contributed by atoms with E-state index in [0.29, 0.717) is 11.2 Å². The van der Waals surface area contributed by atoms with Crippen LogP contribution in [-0.2, 0) is 10.0 Å². The van der Waals surface area contributed by atoms with Crippen molar-refractivity contribution in [1.29, 1.82) is 0 Å². The molecule has 0 aliphatic heterocycles. The molecule has 0 bridgehead atoms. The zero-order valence-electron chi connectivity index (χ0n) is 20.6. The average molecular weight is 531 g/mol. The Morgan fingerprint density at radius 2 is 1.31 bits per heavy atom. The van der Waals surface area contributed by atoms with Crippen molar-refractivity contribution in [2.45, 2.75) is 4.90 Å². The van der Waals surface area contributed by atoms with E-state index in [0.717, 1.165) is 27.7 Å². The first kappa shape index (κ1) is 24.2. The van der Waals surface area contributed by atoms with Gasteiger partial charge in [0.25, 0.3) is 10.0 Å². The van der Waals surface area contributed by atoms with Crippen LogP contribution in [0, 0.1) is 0 Å². The monoisotopic (exact) mass is 530 g/mol. The maximum Gasteiger partial charge on any atom is 0.268 e. The maximum atomic E-state index is 12.9. The first-order chi connectivity index (χ1) is 19.1. The minimum absolute atomic E-state index is 0.257. The largest absolute Gasteiger partial charge is 0.361 e. The second-order valence-corrected chi connectivity index (χ2v) is 10.4. The number of aromatic amines is 1. The van der Waals surface area contributed by atoms with Gasteiger partial charge < -0.3 is 4.98 Å². The van der Waals surface area contributed by atoms with Crippen LogP contribution in [0.2, 0.25) is 0 Å². The Hall–Kier alpha value is -5.15. The molecular weight excluding hydrogens is 508 g/mol. The van der Waals surface area contributed by atoms with Gasteiger partial charge in [0.1, 0.15) is 0 Å². The molecule has 0 aliphatic rings. The SMILES string of the molecule is O=S(=O)(c1ccccc1)n1ccc2c(-c3cnccn3)cccc21.c1cc(-c2cnccn2)c2cc[nH]c2c1. The van der Waals surface area contributed by atoms with Gasteiger partial charge in [0.2, 0.25) is 0 Å². The molecule has 0 spiro atoms. The molecule has 190 valence electrons. The van der Waals surface area contributed by atoms with Gasteiger partial charge in [-0.1, -0.05) is 42.5 Å². The van der Waals surface area contributed by atoms with Gasteiger partial charge in [-0.15, -0.1) is 0 Å². The normalized spacial score (nSPS) is 11.3. The number of benzene rings is 3. The highest BCUT2D eigenvalue weighted by Gasteiger charge is 2.19. The second-order valence-electron chi connectivity index (χ2n) is 8.59. The number of hydrogen-bond donors (Lipinski definition) is 1. The molecule has 0 fully saturated rings. The summed E-state index contributed by atoms with van der Waals surface area (Å²) in [6.07, 6.45) is 13.6. The molecule has 9 heteroatoms. The first-order valence-electron chi connectivity index (χ1n) is 12.1. The average Bonchev–Trinajstić information content (AvgIpc) is 3.67. The molecule has 0 unspecified atom stereocenters. The van der Waals surface area contributed by atoms with E-state index in [1.165, 1.54) is 9.36 Å². The van der Waals surface area contributed by atoms with Gasteiger partial charge in [-0.05, 0) is 36.4 Å². The molecule has 7 aromatic rings. The summed E-state index contributed by atoms with van der Waals surface area (Å²) in [5, 5.41) is 2.00. The molecule has 4 heterocycles. The Balaban J connectivity index is 0.000000158. The van der Waals surface area contributed by atoms with Crippen LogP contribution >= 0.6 is 0 Å². The highest BCUT2D eigenvalue weighted by atomic mass is 32.2. The van der Waals surface area contributed by atoms with Crippen LogP contribution in [0.25, 0.3) is 44.3 Å². The summed E-state index contributed by atoms with van der Waals surface area (Å²) in [5.41, 5.74) is 5.31. The van der Waals surface area contributed by atoms with E-state index in [9.17, 15) is 8.42 Å². The lowest BCUT2D eigenvalue weighted by Crippen LogP contribution is -2.11. The van der Waals surface area contributed by atoms with Crippen molar-refractivity contribution < 1.29 is 8.42 Å². The van der Waals surface area contributed by atoms with Gasteiger partial charge in [0.15, 0.2) is 0 Å². The molecule has 3 aromatic carbocycles. The summed E-state index contributed by atoms with van der Waals surface area (Å²) >= 11 is 0. The lowest BCUT2D eigenvalue weighted by molar-refractivity contribution is 0.589. The van der Waals surface area contributed by atoms with Gasteiger partial charge in [0, 0.05) is 64.6 Å². The molecule has 0 radical (unpaired) electrons. The topological polar surface area (TPSA) is 106 Å². The van der Waals surface area contributed by atoms with E-state index in [4.69, 9.17) is 0 Å². The van der Waals surface area contributed by atoms with E-state index < -0.39 is 10.0 Å². The van der Waals surface area contributed by atoms with Gasteiger partial charge in [-0.25, -0.2) is 12.4 Å². The Morgan fingerprint density at radius 1 is 0.641 bits per heavy atom. The van der Waals surface area contributed by atoms with E-state index in [1.807, 2.05) is 24.4 Å². The van der Waals surface area contributed by atoms with Crippen LogP contribution in [0.4, 0.5) is 0 Å². The number of hydrogen-bond acceptors (Lipinski definition) is 6.